The summed E-state index contributed by atoms with van der Waals surface area (Å²) in [6, 6.07) is 4.54. The molecule has 2 fully saturated rings. The third-order valence-electron chi connectivity index (χ3n) is 6.52. The minimum Gasteiger partial charge on any atom is -0.319 e. The molecule has 0 unspecified atom stereocenters. The monoisotopic (exact) mass is 744 g/mol. The first kappa shape index (κ1) is 36.3. The van der Waals surface area contributed by atoms with E-state index in [1.807, 2.05) is 0 Å². The van der Waals surface area contributed by atoms with Gasteiger partial charge >= 0.3 is 36.2 Å². The number of imide groups is 2. The molecular weight excluding hydrogens is 730 g/mol. The largest absolute Gasteiger partial charge is 0.445 e. The Morgan fingerprint density at radius 2 is 0.827 bits per heavy atom. The van der Waals surface area contributed by atoms with Crippen molar-refractivity contribution in [2.24, 2.45) is 0 Å². The van der Waals surface area contributed by atoms with Crippen LogP contribution in [0.3, 0.4) is 0 Å². The predicted octanol–water partition coefficient (Wildman–Crippen LogP) is 0.0250. The maximum absolute atomic E-state index is 12.9. The summed E-state index contributed by atoms with van der Waals surface area (Å²) in [5, 5.41) is 13.9. The van der Waals surface area contributed by atoms with Crippen LogP contribution in [0.1, 0.15) is 36.8 Å². The summed E-state index contributed by atoms with van der Waals surface area (Å²) in [5.74, 6) is -10.0. The van der Waals surface area contributed by atoms with E-state index < -0.39 is 71.0 Å². The van der Waals surface area contributed by atoms with E-state index in [1.54, 1.807) is 0 Å². The summed E-state index contributed by atoms with van der Waals surface area (Å²) < 4.78 is 77.2. The summed E-state index contributed by atoms with van der Waals surface area (Å²) in [4.78, 5) is 109. The second kappa shape index (κ2) is 13.7. The minimum absolute atomic E-state index is 0.0823. The first-order chi connectivity index (χ1) is 24.3. The highest BCUT2D eigenvalue weighted by atomic mass is 19.4. The Bertz CT molecular complexity index is 2000. The fraction of sp³-hybridized carbons (Fsp3) is 0.231. The topological polar surface area (TPSA) is 241 Å². The molecule has 2 aromatic carbocycles. The van der Waals surface area contributed by atoms with Crippen LogP contribution in [0.2, 0.25) is 0 Å². The zero-order valence-corrected chi connectivity index (χ0v) is 25.0. The van der Waals surface area contributed by atoms with Gasteiger partial charge in [0, 0.05) is 25.7 Å². The molecule has 0 atom stereocenters. The number of carbonyl (C=O) groups excluding carboxylic acids is 8. The van der Waals surface area contributed by atoms with E-state index >= 15 is 0 Å². The van der Waals surface area contributed by atoms with Gasteiger partial charge in [0.25, 0.3) is 23.6 Å². The molecule has 26 heteroatoms. The predicted molar refractivity (Wildman–Crippen MR) is 143 cm³/mol. The van der Waals surface area contributed by atoms with E-state index in [-0.39, 0.29) is 67.6 Å². The van der Waals surface area contributed by atoms with Crippen molar-refractivity contribution in [1.29, 1.82) is 0 Å². The molecule has 0 bridgehead atoms. The average Bonchev–Trinajstić information content (AvgIpc) is 3.84. The Hall–Kier alpha value is -7.02. The summed E-state index contributed by atoms with van der Waals surface area (Å²) in [6.07, 6.45) is -9.96. The third kappa shape index (κ3) is 7.73. The van der Waals surface area contributed by atoms with Crippen LogP contribution in [0.15, 0.2) is 36.4 Å². The van der Waals surface area contributed by atoms with E-state index in [1.165, 1.54) is 0 Å². The van der Waals surface area contributed by atoms with Gasteiger partial charge in [0.1, 0.15) is 22.1 Å². The van der Waals surface area contributed by atoms with Gasteiger partial charge in [-0.25, -0.2) is 19.2 Å². The molecule has 6 rings (SSSR count). The van der Waals surface area contributed by atoms with Crippen molar-refractivity contribution in [1.82, 2.24) is 40.4 Å². The lowest BCUT2D eigenvalue weighted by Crippen LogP contribution is -2.39. The smallest absolute Gasteiger partial charge is 0.319 e. The van der Waals surface area contributed by atoms with Crippen molar-refractivity contribution in [2.75, 3.05) is 0 Å². The van der Waals surface area contributed by atoms with Gasteiger partial charge in [0.05, 0.1) is 11.1 Å². The highest BCUT2D eigenvalue weighted by molar-refractivity contribution is 6.30. The lowest BCUT2D eigenvalue weighted by atomic mass is 10.2. The standard InChI is InChI=1S/C16H6F6N6O4.C10H8N2O8/c17-15(18,19)7-1-3-9-11(5-7)27(25-23-9)31-13(29)14(30)32-28-12-6-8(16(20,21)22)2-4-10(12)24-26-28;13-5-1-2-6(14)11(5)19-9(17)10(18)20-12-7(15)3-4-8(12)16/h1-6H;1-4H2. The highest BCUT2D eigenvalue weighted by Crippen LogP contribution is 2.32. The van der Waals surface area contributed by atoms with Gasteiger partial charge in [-0.05, 0) is 46.8 Å². The zero-order valence-electron chi connectivity index (χ0n) is 25.0. The van der Waals surface area contributed by atoms with Crippen LogP contribution in [0, 0.1) is 0 Å². The van der Waals surface area contributed by atoms with Crippen molar-refractivity contribution in [2.45, 2.75) is 38.0 Å². The molecule has 272 valence electrons. The van der Waals surface area contributed by atoms with Crippen LogP contribution in [0.5, 0.6) is 0 Å². The van der Waals surface area contributed by atoms with Crippen molar-refractivity contribution in [3.63, 3.8) is 0 Å². The Morgan fingerprint density at radius 3 is 1.13 bits per heavy atom. The Labute approximate surface area is 280 Å². The molecule has 4 aromatic rings. The van der Waals surface area contributed by atoms with E-state index in [4.69, 9.17) is 0 Å². The Balaban J connectivity index is 0.000000225. The molecule has 2 aromatic heterocycles. The molecule has 2 aliphatic rings. The minimum atomic E-state index is -4.71. The van der Waals surface area contributed by atoms with E-state index in [0.717, 1.165) is 24.3 Å². The molecule has 0 radical (unpaired) electrons. The van der Waals surface area contributed by atoms with Crippen molar-refractivity contribution in [3.8, 4) is 0 Å². The summed E-state index contributed by atoms with van der Waals surface area (Å²) in [7, 11) is 0. The molecule has 4 amide bonds. The summed E-state index contributed by atoms with van der Waals surface area (Å²) >= 11 is 0. The molecular formula is C26H14F6N8O12. The number of halogens is 6. The van der Waals surface area contributed by atoms with Crippen molar-refractivity contribution >= 4 is 69.6 Å². The first-order valence-electron chi connectivity index (χ1n) is 13.8. The maximum Gasteiger partial charge on any atom is 0.445 e. The van der Waals surface area contributed by atoms with E-state index in [0.29, 0.717) is 12.1 Å². The second-order valence-corrected chi connectivity index (χ2v) is 10.0. The number of hydrogen-bond donors (Lipinski definition) is 0. The number of hydroxylamine groups is 4. The number of aromatic nitrogens is 6. The van der Waals surface area contributed by atoms with Gasteiger partial charge in [-0.1, -0.05) is 9.69 Å². The lowest BCUT2D eigenvalue weighted by Gasteiger charge is -2.14. The lowest BCUT2D eigenvalue weighted by molar-refractivity contribution is -0.215. The summed E-state index contributed by atoms with van der Waals surface area (Å²) in [5.41, 5.74) is -3.13. The second-order valence-electron chi connectivity index (χ2n) is 10.0. The third-order valence-corrected chi connectivity index (χ3v) is 6.52. The molecule has 2 aliphatic heterocycles. The normalized spacial score (nSPS) is 14.8. The van der Waals surface area contributed by atoms with Gasteiger partial charge in [0.15, 0.2) is 0 Å². The van der Waals surface area contributed by atoms with E-state index in [2.05, 4.69) is 40.0 Å². The van der Waals surface area contributed by atoms with Gasteiger partial charge in [-0.2, -0.15) is 26.3 Å². The van der Waals surface area contributed by atoms with Crippen LogP contribution in [0.4, 0.5) is 26.3 Å². The van der Waals surface area contributed by atoms with Gasteiger partial charge in [0.2, 0.25) is 0 Å². The highest BCUT2D eigenvalue weighted by Gasteiger charge is 2.39. The van der Waals surface area contributed by atoms with Crippen molar-refractivity contribution in [3.05, 3.63) is 47.5 Å². The molecule has 0 saturated carbocycles. The molecule has 0 N–H and O–H groups in total. The number of carbonyl (C=O) groups is 8. The van der Waals surface area contributed by atoms with Crippen LogP contribution in [-0.4, -0.2) is 87.9 Å². The number of fused-ring (bicyclic) bond motifs is 2. The Kier molecular flexibility index (Phi) is 9.56. The molecule has 0 aliphatic carbocycles. The van der Waals surface area contributed by atoms with Crippen LogP contribution >= 0.6 is 0 Å². The van der Waals surface area contributed by atoms with Crippen molar-refractivity contribution < 1.29 is 84.0 Å². The number of hydrogen-bond acceptors (Lipinski definition) is 16. The van der Waals surface area contributed by atoms with Crippen LogP contribution in [-0.2, 0) is 60.4 Å². The fourth-order valence-electron chi connectivity index (χ4n) is 4.07. The zero-order chi connectivity index (χ0) is 38.1. The number of alkyl halides is 6. The quantitative estimate of drug-likeness (QED) is 0.116. The number of rotatable bonds is 4. The van der Waals surface area contributed by atoms with Crippen LogP contribution in [0.25, 0.3) is 22.1 Å². The van der Waals surface area contributed by atoms with Gasteiger partial charge < -0.3 is 19.4 Å². The molecule has 52 heavy (non-hydrogen) atoms. The van der Waals surface area contributed by atoms with Gasteiger partial charge in [-0.15, -0.1) is 20.3 Å². The molecule has 2 saturated heterocycles. The van der Waals surface area contributed by atoms with Gasteiger partial charge in [-0.3, -0.25) is 19.2 Å². The number of nitrogens with zero attached hydrogens (tertiary/aromatic N) is 8. The fourth-order valence-corrected chi connectivity index (χ4v) is 4.07. The molecule has 20 nitrogen and oxygen atoms in total. The summed E-state index contributed by atoms with van der Waals surface area (Å²) in [6.45, 7) is 0. The SMILES string of the molecule is O=C(ON1C(=O)CCC1=O)C(=O)ON1C(=O)CCC1=O.O=C(On1nnc2ccc(C(F)(F)F)cc21)C(=O)On1nnc2ccc(C(F)(F)F)cc21. The van der Waals surface area contributed by atoms with Crippen LogP contribution < -0.4 is 9.68 Å². The number of benzene rings is 2. The molecule has 0 spiro atoms. The first-order valence-corrected chi connectivity index (χ1v) is 13.8. The number of amides is 4. The average molecular weight is 744 g/mol. The molecule has 4 heterocycles. The van der Waals surface area contributed by atoms with E-state index in [9.17, 15) is 64.7 Å². The Morgan fingerprint density at radius 1 is 0.519 bits per heavy atom. The maximum atomic E-state index is 12.9.